The van der Waals surface area contributed by atoms with Gasteiger partial charge in [-0.2, -0.15) is 0 Å². The minimum atomic E-state index is -3.72. The Bertz CT molecular complexity index is 1010. The minimum Gasteiger partial charge on any atom is -0.273 e. The Morgan fingerprint density at radius 1 is 1.25 bits per heavy atom. The van der Waals surface area contributed by atoms with Crippen LogP contribution in [0.2, 0.25) is 0 Å². The second kappa shape index (κ2) is 7.96. The number of carbonyl (C=O) groups is 1. The van der Waals surface area contributed by atoms with Crippen LogP contribution < -0.4 is 9.03 Å². The summed E-state index contributed by atoms with van der Waals surface area (Å²) in [6.45, 7) is 3.49. The summed E-state index contributed by atoms with van der Waals surface area (Å²) in [5.41, 5.74) is 1.86. The molecule has 28 heavy (non-hydrogen) atoms. The third kappa shape index (κ3) is 4.31. The zero-order chi connectivity index (χ0) is 20.5. The highest BCUT2D eigenvalue weighted by atomic mass is 32.2. The first-order chi connectivity index (χ1) is 13.1. The van der Waals surface area contributed by atoms with Gasteiger partial charge in [0.05, 0.1) is 22.3 Å². The molecule has 9 heteroatoms. The molecule has 1 aliphatic heterocycles. The number of amides is 1. The van der Waals surface area contributed by atoms with Crippen molar-refractivity contribution in [2.24, 2.45) is 5.92 Å². The third-order valence-electron chi connectivity index (χ3n) is 5.17. The molecule has 0 aromatic heterocycles. The van der Waals surface area contributed by atoms with Gasteiger partial charge in [-0.15, -0.1) is 0 Å². The Morgan fingerprint density at radius 3 is 2.57 bits per heavy atom. The van der Waals surface area contributed by atoms with Gasteiger partial charge >= 0.3 is 0 Å². The lowest BCUT2D eigenvalue weighted by atomic mass is 9.97. The van der Waals surface area contributed by atoms with Gasteiger partial charge in [-0.3, -0.25) is 4.79 Å². The highest BCUT2D eigenvalue weighted by molar-refractivity contribution is 7.94. The van der Waals surface area contributed by atoms with Gasteiger partial charge in [-0.1, -0.05) is 18.6 Å². The molecular formula is C19H26N2O5S2. The quantitative estimate of drug-likeness (QED) is 0.704. The Kier molecular flexibility index (Phi) is 5.97. The first-order valence-electron chi connectivity index (χ1n) is 9.47. The fraction of sp³-hybridized carbons (Fsp3) is 0.526. The Morgan fingerprint density at radius 2 is 2.00 bits per heavy atom. The lowest BCUT2D eigenvalue weighted by molar-refractivity contribution is -0.119. The number of anilines is 1. The number of nitrogens with one attached hydrogen (secondary N) is 1. The van der Waals surface area contributed by atoms with Crippen LogP contribution in [-0.2, 0) is 24.8 Å². The van der Waals surface area contributed by atoms with Crippen LogP contribution in [0.25, 0.3) is 0 Å². The number of rotatable bonds is 6. The van der Waals surface area contributed by atoms with Crippen LogP contribution in [0.3, 0.4) is 0 Å². The molecule has 2 aliphatic rings. The van der Waals surface area contributed by atoms with E-state index in [0.717, 1.165) is 23.6 Å². The largest absolute Gasteiger partial charge is 0.273 e. The summed E-state index contributed by atoms with van der Waals surface area (Å²) in [4.78, 5) is 12.3. The second-order valence-corrected chi connectivity index (χ2v) is 11.1. The number of carbonyl (C=O) groups excluding carboxylic acids is 1. The monoisotopic (exact) mass is 426 g/mol. The van der Waals surface area contributed by atoms with E-state index >= 15 is 0 Å². The Labute approximate surface area is 166 Å². The molecule has 1 fully saturated rings. The van der Waals surface area contributed by atoms with Gasteiger partial charge in [0.1, 0.15) is 0 Å². The van der Waals surface area contributed by atoms with Crippen molar-refractivity contribution in [3.8, 4) is 0 Å². The van der Waals surface area contributed by atoms with E-state index in [1.807, 2.05) is 0 Å². The second-order valence-electron chi connectivity index (χ2n) is 7.49. The lowest BCUT2D eigenvalue weighted by Crippen LogP contribution is -2.30. The van der Waals surface area contributed by atoms with Crippen LogP contribution in [0, 0.1) is 12.8 Å². The molecule has 0 spiro atoms. The molecule has 1 saturated heterocycles. The van der Waals surface area contributed by atoms with Gasteiger partial charge in [0.2, 0.25) is 26.0 Å². The van der Waals surface area contributed by atoms with Crippen molar-refractivity contribution in [2.45, 2.75) is 50.8 Å². The van der Waals surface area contributed by atoms with E-state index in [2.05, 4.69) is 10.8 Å². The van der Waals surface area contributed by atoms with E-state index in [9.17, 15) is 21.6 Å². The van der Waals surface area contributed by atoms with Crippen LogP contribution in [0.4, 0.5) is 5.69 Å². The van der Waals surface area contributed by atoms with Gasteiger partial charge in [-0.25, -0.2) is 25.9 Å². The lowest BCUT2D eigenvalue weighted by Gasteiger charge is -2.18. The molecule has 1 aromatic rings. The highest BCUT2D eigenvalue weighted by Crippen LogP contribution is 2.30. The molecule has 3 rings (SSSR count). The number of aryl methyl sites for hydroxylation is 1. The number of sulfonamides is 2. The van der Waals surface area contributed by atoms with Crippen molar-refractivity contribution in [1.82, 2.24) is 4.72 Å². The predicted octanol–water partition coefficient (Wildman–Crippen LogP) is 2.48. The molecule has 1 N–H and O–H groups in total. The maximum Gasteiger partial charge on any atom is 0.244 e. The minimum absolute atomic E-state index is 0.0889. The topological polar surface area (TPSA) is 101 Å². The van der Waals surface area contributed by atoms with E-state index in [1.54, 1.807) is 13.8 Å². The summed E-state index contributed by atoms with van der Waals surface area (Å²) >= 11 is 0. The summed E-state index contributed by atoms with van der Waals surface area (Å²) in [5, 5.41) is 0. The molecule has 1 atom stereocenters. The van der Waals surface area contributed by atoms with E-state index in [4.69, 9.17) is 0 Å². The first-order valence-corrected chi connectivity index (χ1v) is 12.6. The molecule has 1 unspecified atom stereocenters. The normalized spacial score (nSPS) is 22.4. The van der Waals surface area contributed by atoms with E-state index < -0.39 is 31.9 Å². The fourth-order valence-electron chi connectivity index (χ4n) is 3.70. The smallest absolute Gasteiger partial charge is 0.244 e. The number of allylic oxidation sites excluding steroid dienone is 1. The summed E-state index contributed by atoms with van der Waals surface area (Å²) in [6.07, 6.45) is 7.29. The van der Waals surface area contributed by atoms with Gasteiger partial charge < -0.3 is 0 Å². The molecule has 0 saturated carbocycles. The number of benzene rings is 1. The van der Waals surface area contributed by atoms with Crippen LogP contribution in [0.1, 0.15) is 44.6 Å². The van der Waals surface area contributed by atoms with E-state index in [-0.39, 0.29) is 16.3 Å². The Balaban J connectivity index is 1.76. The van der Waals surface area contributed by atoms with Crippen molar-refractivity contribution < 1.29 is 21.6 Å². The first kappa shape index (κ1) is 21.0. The standard InChI is InChI=1S/C19H26N2O5S2/c1-14-12-17(21-19(22)15(2)13-27(21,23)24)8-9-18(14)28(25,26)20-11-10-16-6-4-3-5-7-16/h6,8-9,12,15,20H,3-5,7,10-11,13H2,1-2H3. The average Bonchev–Trinajstić information content (AvgIpc) is 2.82. The summed E-state index contributed by atoms with van der Waals surface area (Å²) in [7, 11) is -7.43. The maximum absolute atomic E-state index is 12.6. The SMILES string of the molecule is Cc1cc(N2C(=O)C(C)CS2(=O)=O)ccc1S(=O)(=O)NCCC1=CCCCC1. The zero-order valence-electron chi connectivity index (χ0n) is 16.1. The molecule has 0 radical (unpaired) electrons. The third-order valence-corrected chi connectivity index (χ3v) is 8.66. The van der Waals surface area contributed by atoms with Crippen molar-refractivity contribution in [3.63, 3.8) is 0 Å². The number of hydrogen-bond donors (Lipinski definition) is 1. The number of nitrogens with zero attached hydrogens (tertiary/aromatic N) is 1. The van der Waals surface area contributed by atoms with Crippen LogP contribution in [0.5, 0.6) is 0 Å². The van der Waals surface area contributed by atoms with Gasteiger partial charge in [0, 0.05) is 6.54 Å². The molecule has 0 bridgehead atoms. The average molecular weight is 427 g/mol. The molecule has 1 amide bonds. The summed E-state index contributed by atoms with van der Waals surface area (Å²) in [5.74, 6) is -1.33. The molecule has 7 nitrogen and oxygen atoms in total. The van der Waals surface area contributed by atoms with Gasteiger partial charge in [0.25, 0.3) is 0 Å². The maximum atomic E-state index is 12.6. The molecule has 1 aromatic carbocycles. The van der Waals surface area contributed by atoms with Crippen LogP contribution >= 0.6 is 0 Å². The van der Waals surface area contributed by atoms with Crippen molar-refractivity contribution in [3.05, 3.63) is 35.4 Å². The molecular weight excluding hydrogens is 400 g/mol. The molecule has 1 aliphatic carbocycles. The molecule has 154 valence electrons. The summed E-state index contributed by atoms with van der Waals surface area (Å²) < 4.78 is 53.2. The number of hydrogen-bond acceptors (Lipinski definition) is 5. The van der Waals surface area contributed by atoms with E-state index in [0.29, 0.717) is 18.5 Å². The van der Waals surface area contributed by atoms with Gasteiger partial charge in [0.15, 0.2) is 0 Å². The summed E-state index contributed by atoms with van der Waals surface area (Å²) in [6, 6.07) is 4.17. The van der Waals surface area contributed by atoms with Crippen LogP contribution in [-0.4, -0.2) is 35.0 Å². The molecule has 1 heterocycles. The van der Waals surface area contributed by atoms with Crippen molar-refractivity contribution >= 4 is 31.6 Å². The van der Waals surface area contributed by atoms with Gasteiger partial charge in [-0.05, 0) is 62.8 Å². The zero-order valence-corrected chi connectivity index (χ0v) is 17.8. The van der Waals surface area contributed by atoms with Crippen LogP contribution in [0.15, 0.2) is 34.7 Å². The highest BCUT2D eigenvalue weighted by Gasteiger charge is 2.42. The van der Waals surface area contributed by atoms with Crippen molar-refractivity contribution in [1.29, 1.82) is 0 Å². The van der Waals surface area contributed by atoms with Crippen molar-refractivity contribution in [2.75, 3.05) is 16.6 Å². The van der Waals surface area contributed by atoms with E-state index in [1.165, 1.54) is 30.2 Å². The Hall–Kier alpha value is -1.71. The fourth-order valence-corrected chi connectivity index (χ4v) is 6.77. The predicted molar refractivity (Wildman–Crippen MR) is 108 cm³/mol.